The van der Waals surface area contributed by atoms with E-state index >= 15 is 0 Å². The molecule has 0 bridgehead atoms. The third kappa shape index (κ3) is 5.65. The van der Waals surface area contributed by atoms with Crippen molar-refractivity contribution in [2.24, 2.45) is 11.7 Å². The van der Waals surface area contributed by atoms with E-state index in [4.69, 9.17) is 5.73 Å². The summed E-state index contributed by atoms with van der Waals surface area (Å²) in [5.74, 6) is -1.19. The summed E-state index contributed by atoms with van der Waals surface area (Å²) in [6.45, 7) is 2.25. The number of anilines is 1. The minimum atomic E-state index is -0.681. The summed E-state index contributed by atoms with van der Waals surface area (Å²) in [6, 6.07) is 15.9. The molecule has 1 fully saturated rings. The van der Waals surface area contributed by atoms with E-state index in [1.54, 1.807) is 49.4 Å². The molecule has 0 radical (unpaired) electrons. The second-order valence-electron chi connectivity index (χ2n) is 7.45. The van der Waals surface area contributed by atoms with E-state index in [1.807, 2.05) is 12.1 Å². The molecule has 7 heteroatoms. The monoisotopic (exact) mass is 394 g/mol. The van der Waals surface area contributed by atoms with Gasteiger partial charge >= 0.3 is 11.8 Å². The van der Waals surface area contributed by atoms with Gasteiger partial charge in [0.25, 0.3) is 5.91 Å². The van der Waals surface area contributed by atoms with E-state index in [0.717, 1.165) is 18.4 Å². The molecule has 0 saturated heterocycles. The van der Waals surface area contributed by atoms with Gasteiger partial charge in [-0.3, -0.25) is 14.4 Å². The smallest absolute Gasteiger partial charge is 0.309 e. The molecule has 5 N–H and O–H groups in total. The number of amides is 3. The molecule has 1 aliphatic rings. The standard InChI is InChI=1S/C22H26N4O3/c1-14(25-22(29)21(28)24-13-15-10-18(23)11-15)17-8-5-9-19(12-17)26-20(27)16-6-3-2-4-7-16/h2-9,12,14-15,18H,10-11,13,23H2,1H3,(H,24,28)(H,25,29)(H,26,27). The number of nitrogens with one attached hydrogen (secondary N) is 3. The van der Waals surface area contributed by atoms with Gasteiger partial charge in [0, 0.05) is 23.8 Å². The molecule has 29 heavy (non-hydrogen) atoms. The molecule has 0 aliphatic heterocycles. The molecule has 1 unspecified atom stereocenters. The second-order valence-corrected chi connectivity index (χ2v) is 7.45. The normalized spacial score (nSPS) is 18.8. The lowest BCUT2D eigenvalue weighted by Gasteiger charge is -2.32. The molecule has 0 spiro atoms. The molecule has 1 saturated carbocycles. The molecule has 0 heterocycles. The quantitative estimate of drug-likeness (QED) is 0.561. The highest BCUT2D eigenvalue weighted by atomic mass is 16.2. The fraction of sp³-hybridized carbons (Fsp3) is 0.318. The van der Waals surface area contributed by atoms with Crippen molar-refractivity contribution in [1.82, 2.24) is 10.6 Å². The third-order valence-electron chi connectivity index (χ3n) is 5.06. The van der Waals surface area contributed by atoms with Crippen molar-refractivity contribution in [3.05, 3.63) is 65.7 Å². The van der Waals surface area contributed by atoms with E-state index in [2.05, 4.69) is 16.0 Å². The largest absolute Gasteiger partial charge is 0.348 e. The summed E-state index contributed by atoms with van der Waals surface area (Å²) in [7, 11) is 0. The van der Waals surface area contributed by atoms with Crippen LogP contribution in [0.15, 0.2) is 54.6 Å². The highest BCUT2D eigenvalue weighted by molar-refractivity contribution is 6.35. The van der Waals surface area contributed by atoms with Crippen LogP contribution >= 0.6 is 0 Å². The predicted octanol–water partition coefficient (Wildman–Crippen LogP) is 1.97. The lowest BCUT2D eigenvalue weighted by atomic mass is 9.81. The zero-order valence-electron chi connectivity index (χ0n) is 16.4. The SMILES string of the molecule is CC(NC(=O)C(=O)NCC1CC(N)C1)c1cccc(NC(=O)c2ccccc2)c1. The van der Waals surface area contributed by atoms with Crippen molar-refractivity contribution in [3.8, 4) is 0 Å². The Balaban J connectivity index is 1.53. The molecule has 3 rings (SSSR count). The average Bonchev–Trinajstić information content (AvgIpc) is 2.70. The van der Waals surface area contributed by atoms with Gasteiger partial charge in [0.1, 0.15) is 0 Å². The zero-order valence-corrected chi connectivity index (χ0v) is 16.4. The van der Waals surface area contributed by atoms with Crippen LogP contribution in [0.3, 0.4) is 0 Å². The Bertz CT molecular complexity index is 879. The van der Waals surface area contributed by atoms with Crippen LogP contribution in [0.25, 0.3) is 0 Å². The molecule has 3 amide bonds. The van der Waals surface area contributed by atoms with Gasteiger partial charge in [-0.1, -0.05) is 30.3 Å². The molecule has 0 aromatic heterocycles. The molecule has 2 aromatic rings. The number of benzene rings is 2. The van der Waals surface area contributed by atoms with Crippen molar-refractivity contribution < 1.29 is 14.4 Å². The van der Waals surface area contributed by atoms with Crippen molar-refractivity contribution in [2.45, 2.75) is 31.8 Å². The first kappa shape index (κ1) is 20.5. The van der Waals surface area contributed by atoms with Gasteiger partial charge < -0.3 is 21.7 Å². The minimum Gasteiger partial charge on any atom is -0.348 e. The summed E-state index contributed by atoms with van der Waals surface area (Å²) in [5.41, 5.74) is 7.67. The fourth-order valence-electron chi connectivity index (χ4n) is 3.30. The maximum Gasteiger partial charge on any atom is 0.309 e. The maximum absolute atomic E-state index is 12.3. The fourth-order valence-corrected chi connectivity index (χ4v) is 3.30. The van der Waals surface area contributed by atoms with E-state index < -0.39 is 11.8 Å². The predicted molar refractivity (Wildman–Crippen MR) is 111 cm³/mol. The molecule has 7 nitrogen and oxygen atoms in total. The molecule has 1 atom stereocenters. The highest BCUT2D eigenvalue weighted by Gasteiger charge is 2.27. The Morgan fingerprint density at radius 2 is 1.76 bits per heavy atom. The first-order valence-electron chi connectivity index (χ1n) is 9.73. The Hall–Kier alpha value is -3.19. The van der Waals surface area contributed by atoms with Gasteiger partial charge in [0.15, 0.2) is 0 Å². The van der Waals surface area contributed by atoms with E-state index in [-0.39, 0.29) is 18.0 Å². The van der Waals surface area contributed by atoms with Crippen molar-refractivity contribution in [3.63, 3.8) is 0 Å². The van der Waals surface area contributed by atoms with Crippen molar-refractivity contribution in [1.29, 1.82) is 0 Å². The molecule has 2 aromatic carbocycles. The highest BCUT2D eigenvalue weighted by Crippen LogP contribution is 2.24. The van der Waals surface area contributed by atoms with Gasteiger partial charge in [0.05, 0.1) is 6.04 Å². The van der Waals surface area contributed by atoms with Gasteiger partial charge in [-0.05, 0) is 55.5 Å². The maximum atomic E-state index is 12.3. The van der Waals surface area contributed by atoms with E-state index in [9.17, 15) is 14.4 Å². The van der Waals surface area contributed by atoms with Crippen LogP contribution in [0.4, 0.5) is 5.69 Å². The Labute approximate surface area is 170 Å². The first-order valence-corrected chi connectivity index (χ1v) is 9.73. The summed E-state index contributed by atoms with van der Waals surface area (Å²) in [5, 5.41) is 8.18. The Morgan fingerprint density at radius 1 is 1.03 bits per heavy atom. The number of hydrogen-bond acceptors (Lipinski definition) is 4. The summed E-state index contributed by atoms with van der Waals surface area (Å²) in [6.07, 6.45) is 1.75. The summed E-state index contributed by atoms with van der Waals surface area (Å²) in [4.78, 5) is 36.4. The Kier molecular flexibility index (Phi) is 6.61. The van der Waals surface area contributed by atoms with Crippen molar-refractivity contribution >= 4 is 23.4 Å². The topological polar surface area (TPSA) is 113 Å². The van der Waals surface area contributed by atoms with Crippen LogP contribution in [0.2, 0.25) is 0 Å². The average molecular weight is 394 g/mol. The number of carbonyl (C=O) groups is 3. The number of carbonyl (C=O) groups excluding carboxylic acids is 3. The Morgan fingerprint density at radius 3 is 2.45 bits per heavy atom. The van der Waals surface area contributed by atoms with Crippen molar-refractivity contribution in [2.75, 3.05) is 11.9 Å². The lowest BCUT2D eigenvalue weighted by molar-refractivity contribution is -0.139. The van der Waals surface area contributed by atoms with Gasteiger partial charge in [0.2, 0.25) is 0 Å². The summed E-state index contributed by atoms with van der Waals surface area (Å²) >= 11 is 0. The van der Waals surface area contributed by atoms with Crippen LogP contribution in [0.5, 0.6) is 0 Å². The van der Waals surface area contributed by atoms with Crippen LogP contribution in [-0.4, -0.2) is 30.3 Å². The first-order chi connectivity index (χ1) is 13.9. The molecular weight excluding hydrogens is 368 g/mol. The van der Waals surface area contributed by atoms with Crippen LogP contribution < -0.4 is 21.7 Å². The number of hydrogen-bond donors (Lipinski definition) is 4. The summed E-state index contributed by atoms with van der Waals surface area (Å²) < 4.78 is 0. The second kappa shape index (κ2) is 9.34. The number of nitrogens with two attached hydrogens (primary N) is 1. The minimum absolute atomic E-state index is 0.209. The van der Waals surface area contributed by atoms with Crippen LogP contribution in [-0.2, 0) is 9.59 Å². The molecule has 1 aliphatic carbocycles. The third-order valence-corrected chi connectivity index (χ3v) is 5.06. The lowest BCUT2D eigenvalue weighted by Crippen LogP contribution is -2.46. The molecule has 152 valence electrons. The van der Waals surface area contributed by atoms with Gasteiger partial charge in [-0.15, -0.1) is 0 Å². The van der Waals surface area contributed by atoms with Gasteiger partial charge in [-0.25, -0.2) is 0 Å². The van der Waals surface area contributed by atoms with Crippen LogP contribution in [0, 0.1) is 5.92 Å². The van der Waals surface area contributed by atoms with E-state index in [0.29, 0.717) is 23.7 Å². The molecular formula is C22H26N4O3. The zero-order chi connectivity index (χ0) is 20.8. The van der Waals surface area contributed by atoms with E-state index in [1.165, 1.54) is 0 Å². The van der Waals surface area contributed by atoms with Crippen LogP contribution in [0.1, 0.15) is 41.7 Å². The number of rotatable bonds is 6. The van der Waals surface area contributed by atoms with Gasteiger partial charge in [-0.2, -0.15) is 0 Å².